The van der Waals surface area contributed by atoms with Gasteiger partial charge in [-0.05, 0) is 66.8 Å². The van der Waals surface area contributed by atoms with E-state index in [2.05, 4.69) is 10.6 Å². The number of carbonyl (C=O) groups is 2. The third-order valence-corrected chi connectivity index (χ3v) is 5.67. The summed E-state index contributed by atoms with van der Waals surface area (Å²) in [4.78, 5) is 23.7. The minimum atomic E-state index is -0.174. The number of nitrogens with one attached hydrogen (secondary N) is 2. The molecule has 0 fully saturated rings. The molecule has 0 radical (unpaired) electrons. The molecule has 8 heteroatoms. The molecule has 164 valence electrons. The van der Waals surface area contributed by atoms with E-state index >= 15 is 0 Å². The lowest BCUT2D eigenvalue weighted by atomic mass is 10.2. The van der Waals surface area contributed by atoms with Crippen LogP contribution in [0.3, 0.4) is 0 Å². The highest BCUT2D eigenvalue weighted by Crippen LogP contribution is 2.23. The molecule has 0 saturated heterocycles. The second kappa shape index (κ2) is 13.4. The molecule has 0 spiro atoms. The predicted molar refractivity (Wildman–Crippen MR) is 131 cm³/mol. The number of hydrogen-bond donors (Lipinski definition) is 2. The van der Waals surface area contributed by atoms with E-state index in [1.165, 1.54) is 12.2 Å². The number of benzene rings is 2. The van der Waals surface area contributed by atoms with Crippen LogP contribution in [0.25, 0.3) is 12.2 Å². The smallest absolute Gasteiger partial charge is 0.243 e. The molecule has 0 aliphatic carbocycles. The zero-order valence-electron chi connectivity index (χ0n) is 16.6. The third kappa shape index (κ3) is 9.79. The van der Waals surface area contributed by atoms with Gasteiger partial charge < -0.3 is 10.6 Å². The van der Waals surface area contributed by atoms with Crippen LogP contribution in [-0.4, -0.2) is 24.9 Å². The highest BCUT2D eigenvalue weighted by Gasteiger charge is 2.00. The maximum atomic E-state index is 11.8. The first-order chi connectivity index (χ1) is 14.8. The number of rotatable bonds is 10. The Morgan fingerprint density at radius 1 is 0.645 bits per heavy atom. The van der Waals surface area contributed by atoms with E-state index in [4.69, 9.17) is 46.4 Å². The van der Waals surface area contributed by atoms with Gasteiger partial charge in [0.15, 0.2) is 0 Å². The molecule has 2 aromatic rings. The summed E-state index contributed by atoms with van der Waals surface area (Å²) in [6, 6.07) is 10.3. The van der Waals surface area contributed by atoms with Crippen molar-refractivity contribution in [1.29, 1.82) is 0 Å². The SMILES string of the molecule is O=C(/C=C\c1ccc(Cl)c(Cl)c1)NCCCCCNC(=O)/C=C\c1ccc(Cl)c(Cl)c1. The molecule has 4 nitrogen and oxygen atoms in total. The molecule has 0 saturated carbocycles. The van der Waals surface area contributed by atoms with Gasteiger partial charge in [-0.3, -0.25) is 9.59 Å². The lowest BCUT2D eigenvalue weighted by molar-refractivity contribution is -0.117. The Balaban J connectivity index is 1.56. The van der Waals surface area contributed by atoms with Gasteiger partial charge >= 0.3 is 0 Å². The van der Waals surface area contributed by atoms with E-state index in [-0.39, 0.29) is 11.8 Å². The third-order valence-electron chi connectivity index (χ3n) is 4.19. The molecular weight excluding hydrogens is 478 g/mol. The maximum absolute atomic E-state index is 11.8. The lowest BCUT2D eigenvalue weighted by Crippen LogP contribution is -2.23. The van der Waals surface area contributed by atoms with Crippen molar-refractivity contribution in [3.8, 4) is 0 Å². The van der Waals surface area contributed by atoms with E-state index in [0.29, 0.717) is 33.2 Å². The Kier molecular flexibility index (Phi) is 11.0. The molecule has 2 N–H and O–H groups in total. The van der Waals surface area contributed by atoms with Crippen molar-refractivity contribution >= 4 is 70.4 Å². The Labute approximate surface area is 202 Å². The first-order valence-electron chi connectivity index (χ1n) is 9.67. The average molecular weight is 500 g/mol. The summed E-state index contributed by atoms with van der Waals surface area (Å²) in [5, 5.41) is 7.48. The summed E-state index contributed by atoms with van der Waals surface area (Å²) in [6.45, 7) is 1.13. The van der Waals surface area contributed by atoms with Crippen molar-refractivity contribution in [2.24, 2.45) is 0 Å². The van der Waals surface area contributed by atoms with Gasteiger partial charge in [-0.15, -0.1) is 0 Å². The van der Waals surface area contributed by atoms with Crippen LogP contribution in [-0.2, 0) is 9.59 Å². The molecule has 0 atom stereocenters. The van der Waals surface area contributed by atoms with Crippen molar-refractivity contribution in [1.82, 2.24) is 10.6 Å². The van der Waals surface area contributed by atoms with Crippen molar-refractivity contribution in [2.75, 3.05) is 13.1 Å². The molecule has 0 aliphatic rings. The molecule has 0 heterocycles. The molecule has 0 bridgehead atoms. The Hall–Kier alpha value is -1.98. The Morgan fingerprint density at radius 2 is 1.06 bits per heavy atom. The fourth-order valence-corrected chi connectivity index (χ4v) is 3.16. The van der Waals surface area contributed by atoms with Gasteiger partial charge in [0.25, 0.3) is 0 Å². The van der Waals surface area contributed by atoms with Gasteiger partial charge in [0.2, 0.25) is 11.8 Å². The van der Waals surface area contributed by atoms with Crippen LogP contribution in [0.5, 0.6) is 0 Å². The summed E-state index contributed by atoms with van der Waals surface area (Å²) < 4.78 is 0. The van der Waals surface area contributed by atoms with E-state index in [1.54, 1.807) is 48.6 Å². The standard InChI is InChI=1S/C23H22Cl4N2O2/c24-18-8-4-16(14-20(18)26)6-10-22(30)28-12-2-1-3-13-29-23(31)11-7-17-5-9-19(25)21(27)15-17/h4-11,14-15H,1-3,12-13H2,(H,28,30)(H,29,31)/b10-6-,11-7-. The summed E-state index contributed by atoms with van der Waals surface area (Å²) in [5.74, 6) is -0.348. The second-order valence-corrected chi connectivity index (χ2v) is 8.29. The first kappa shape index (κ1) is 25.3. The molecule has 31 heavy (non-hydrogen) atoms. The molecule has 0 aliphatic heterocycles. The highest BCUT2D eigenvalue weighted by atomic mass is 35.5. The quantitative estimate of drug-likeness (QED) is 0.292. The maximum Gasteiger partial charge on any atom is 0.243 e. The van der Waals surface area contributed by atoms with Crippen LogP contribution < -0.4 is 10.6 Å². The van der Waals surface area contributed by atoms with Crippen LogP contribution in [0.15, 0.2) is 48.6 Å². The van der Waals surface area contributed by atoms with Crippen molar-refractivity contribution in [3.63, 3.8) is 0 Å². The van der Waals surface area contributed by atoms with Crippen LogP contribution in [0.2, 0.25) is 20.1 Å². The Bertz CT molecular complexity index is 897. The minimum absolute atomic E-state index is 0.174. The summed E-state index contributed by atoms with van der Waals surface area (Å²) in [5.41, 5.74) is 1.60. The first-order valence-corrected chi connectivity index (χ1v) is 11.2. The molecule has 2 aromatic carbocycles. The van der Waals surface area contributed by atoms with Gasteiger partial charge in [0, 0.05) is 25.2 Å². The van der Waals surface area contributed by atoms with E-state index in [9.17, 15) is 9.59 Å². The van der Waals surface area contributed by atoms with Gasteiger partial charge in [-0.1, -0.05) is 58.5 Å². The van der Waals surface area contributed by atoms with Crippen LogP contribution in [0, 0.1) is 0 Å². The Morgan fingerprint density at radius 3 is 1.45 bits per heavy atom. The number of unbranched alkanes of at least 4 members (excludes halogenated alkanes) is 2. The number of carbonyl (C=O) groups excluding carboxylic acids is 2. The minimum Gasteiger partial charge on any atom is -0.353 e. The van der Waals surface area contributed by atoms with Gasteiger partial charge in [-0.25, -0.2) is 0 Å². The molecule has 2 amide bonds. The number of halogens is 4. The average Bonchev–Trinajstić information content (AvgIpc) is 2.74. The van der Waals surface area contributed by atoms with Gasteiger partial charge in [0.1, 0.15) is 0 Å². The molecule has 2 rings (SSSR count). The van der Waals surface area contributed by atoms with Crippen molar-refractivity contribution < 1.29 is 9.59 Å². The zero-order valence-corrected chi connectivity index (χ0v) is 19.7. The zero-order chi connectivity index (χ0) is 22.6. The predicted octanol–water partition coefficient (Wildman–Crippen LogP) is 6.43. The summed E-state index contributed by atoms with van der Waals surface area (Å²) in [7, 11) is 0. The van der Waals surface area contributed by atoms with Crippen LogP contribution in [0.4, 0.5) is 0 Å². The number of hydrogen-bond acceptors (Lipinski definition) is 2. The van der Waals surface area contributed by atoms with E-state index in [0.717, 1.165) is 30.4 Å². The van der Waals surface area contributed by atoms with Gasteiger partial charge in [0.05, 0.1) is 20.1 Å². The van der Waals surface area contributed by atoms with Crippen LogP contribution in [0.1, 0.15) is 30.4 Å². The summed E-state index contributed by atoms with van der Waals surface area (Å²) >= 11 is 23.6. The van der Waals surface area contributed by atoms with Crippen molar-refractivity contribution in [2.45, 2.75) is 19.3 Å². The van der Waals surface area contributed by atoms with Crippen molar-refractivity contribution in [3.05, 3.63) is 79.8 Å². The van der Waals surface area contributed by atoms with Gasteiger partial charge in [-0.2, -0.15) is 0 Å². The molecule has 0 aromatic heterocycles. The largest absolute Gasteiger partial charge is 0.353 e. The second-order valence-electron chi connectivity index (χ2n) is 6.66. The normalized spacial score (nSPS) is 11.2. The van der Waals surface area contributed by atoms with E-state index in [1.807, 2.05) is 0 Å². The lowest BCUT2D eigenvalue weighted by Gasteiger charge is -2.04. The molecular formula is C23H22Cl4N2O2. The monoisotopic (exact) mass is 498 g/mol. The fraction of sp³-hybridized carbons (Fsp3) is 0.217. The number of amides is 2. The van der Waals surface area contributed by atoms with Crippen LogP contribution >= 0.6 is 46.4 Å². The highest BCUT2D eigenvalue weighted by molar-refractivity contribution is 6.42. The molecule has 0 unspecified atom stereocenters. The summed E-state index contributed by atoms with van der Waals surface area (Å²) in [6.07, 6.45) is 8.80. The topological polar surface area (TPSA) is 58.2 Å². The fourth-order valence-electron chi connectivity index (χ4n) is 2.54. The van der Waals surface area contributed by atoms with E-state index < -0.39 is 0 Å².